The minimum absolute atomic E-state index is 0.0530. The Morgan fingerprint density at radius 3 is 2.79 bits per heavy atom. The third kappa shape index (κ3) is 4.37. The van der Waals surface area contributed by atoms with Crippen LogP contribution in [-0.2, 0) is 21.0 Å². The van der Waals surface area contributed by atoms with Crippen molar-refractivity contribution in [1.82, 2.24) is 14.8 Å². The topological polar surface area (TPSA) is 113 Å². The summed E-state index contributed by atoms with van der Waals surface area (Å²) < 4.78 is 69.1. The Morgan fingerprint density at radius 2 is 2.21 bits per heavy atom. The molecule has 158 valence electrons. The summed E-state index contributed by atoms with van der Waals surface area (Å²) in [4.78, 5) is 11.6. The standard InChI is InChI=1S/C16H16F3N3O5S2/c1-2-14(24)20-9-5-10(8-23)22(7-9)29(25,26)15-4-3-12(28-15)11-6-13(27-21-11)16(17,18)19/h2-4,6,9-10,23H,1,5,7-8H2,(H,20,24). The zero-order valence-corrected chi connectivity index (χ0v) is 16.4. The number of halogens is 3. The van der Waals surface area contributed by atoms with Gasteiger partial charge in [-0.3, -0.25) is 4.79 Å². The molecule has 2 unspecified atom stereocenters. The van der Waals surface area contributed by atoms with E-state index in [4.69, 9.17) is 0 Å². The van der Waals surface area contributed by atoms with Crippen LogP contribution in [0.15, 0.2) is 39.6 Å². The Hall–Kier alpha value is -2.22. The van der Waals surface area contributed by atoms with Gasteiger partial charge in [0.15, 0.2) is 0 Å². The maximum atomic E-state index is 13.0. The van der Waals surface area contributed by atoms with E-state index in [0.717, 1.165) is 21.7 Å². The lowest BCUT2D eigenvalue weighted by molar-refractivity contribution is -0.155. The minimum atomic E-state index is -4.70. The van der Waals surface area contributed by atoms with Crippen LogP contribution in [0.2, 0.25) is 0 Å². The number of sulfonamides is 1. The first kappa shape index (κ1) is 21.5. The largest absolute Gasteiger partial charge is 0.452 e. The Kier molecular flexibility index (Phi) is 5.85. The van der Waals surface area contributed by atoms with E-state index in [9.17, 15) is 31.5 Å². The zero-order valence-electron chi connectivity index (χ0n) is 14.7. The van der Waals surface area contributed by atoms with Gasteiger partial charge in [-0.2, -0.15) is 17.5 Å². The normalized spacial score (nSPS) is 20.7. The van der Waals surface area contributed by atoms with E-state index in [0.29, 0.717) is 6.07 Å². The maximum Gasteiger partial charge on any atom is 0.452 e. The quantitative estimate of drug-likeness (QED) is 0.649. The molecule has 2 aromatic heterocycles. The number of aliphatic hydroxyl groups is 1. The van der Waals surface area contributed by atoms with E-state index in [1.54, 1.807) is 0 Å². The highest BCUT2D eigenvalue weighted by Crippen LogP contribution is 2.37. The van der Waals surface area contributed by atoms with Crippen molar-refractivity contribution >= 4 is 27.3 Å². The predicted octanol–water partition coefficient (Wildman–Crippen LogP) is 1.85. The SMILES string of the molecule is C=CC(=O)NC1CC(CO)N(S(=O)(=O)c2ccc(-c3cc(C(F)(F)F)on3)s2)C1. The highest BCUT2D eigenvalue weighted by atomic mass is 32.2. The Labute approximate surface area is 167 Å². The lowest BCUT2D eigenvalue weighted by atomic mass is 10.2. The average Bonchev–Trinajstić information content (AvgIpc) is 3.38. The number of alkyl halides is 3. The van der Waals surface area contributed by atoms with E-state index >= 15 is 0 Å². The summed E-state index contributed by atoms with van der Waals surface area (Å²) in [5.41, 5.74) is -0.139. The van der Waals surface area contributed by atoms with Crippen molar-refractivity contribution in [2.24, 2.45) is 0 Å². The lowest BCUT2D eigenvalue weighted by Gasteiger charge is -2.21. The number of amides is 1. The number of thiophene rings is 1. The van der Waals surface area contributed by atoms with Gasteiger partial charge in [-0.1, -0.05) is 11.7 Å². The monoisotopic (exact) mass is 451 g/mol. The molecule has 13 heteroatoms. The Bertz CT molecular complexity index is 1020. The smallest absolute Gasteiger partial charge is 0.395 e. The fourth-order valence-corrected chi connectivity index (χ4v) is 6.01. The molecule has 1 aliphatic heterocycles. The number of rotatable bonds is 6. The molecule has 3 rings (SSSR count). The summed E-state index contributed by atoms with van der Waals surface area (Å²) in [7, 11) is -4.05. The molecule has 1 fully saturated rings. The van der Waals surface area contributed by atoms with Gasteiger partial charge in [-0.25, -0.2) is 8.42 Å². The van der Waals surface area contributed by atoms with Crippen LogP contribution in [0.1, 0.15) is 12.2 Å². The second kappa shape index (κ2) is 7.89. The number of aromatic nitrogens is 1. The third-order valence-electron chi connectivity index (χ3n) is 4.29. The van der Waals surface area contributed by atoms with Crippen molar-refractivity contribution in [2.45, 2.75) is 28.9 Å². The number of carbonyl (C=O) groups excluding carboxylic acids is 1. The third-order valence-corrected chi connectivity index (χ3v) is 7.79. The minimum Gasteiger partial charge on any atom is -0.395 e. The molecular weight excluding hydrogens is 435 g/mol. The Balaban J connectivity index is 1.84. The molecule has 2 aromatic rings. The molecule has 0 bridgehead atoms. The van der Waals surface area contributed by atoms with Gasteiger partial charge in [0, 0.05) is 18.7 Å². The molecule has 1 amide bonds. The first-order chi connectivity index (χ1) is 13.6. The summed E-state index contributed by atoms with van der Waals surface area (Å²) >= 11 is 0.731. The summed E-state index contributed by atoms with van der Waals surface area (Å²) in [6, 6.07) is 2.02. The summed E-state index contributed by atoms with van der Waals surface area (Å²) in [5.74, 6) is -1.75. The van der Waals surface area contributed by atoms with Gasteiger partial charge in [0.05, 0.1) is 17.5 Å². The van der Waals surface area contributed by atoms with Crippen LogP contribution in [0.4, 0.5) is 13.2 Å². The van der Waals surface area contributed by atoms with Crippen LogP contribution in [0, 0.1) is 0 Å². The van der Waals surface area contributed by atoms with Crippen LogP contribution in [-0.4, -0.2) is 54.1 Å². The first-order valence-electron chi connectivity index (χ1n) is 8.26. The zero-order chi connectivity index (χ0) is 21.4. The van der Waals surface area contributed by atoms with Crippen LogP contribution < -0.4 is 5.32 Å². The summed E-state index contributed by atoms with van der Waals surface area (Å²) in [6.07, 6.45) is -3.43. The molecule has 29 heavy (non-hydrogen) atoms. The van der Waals surface area contributed by atoms with Gasteiger partial charge in [0.1, 0.15) is 9.90 Å². The van der Waals surface area contributed by atoms with Crippen molar-refractivity contribution < 1.29 is 36.0 Å². The van der Waals surface area contributed by atoms with Gasteiger partial charge in [-0.05, 0) is 24.6 Å². The van der Waals surface area contributed by atoms with Crippen molar-refractivity contribution in [3.8, 4) is 10.6 Å². The van der Waals surface area contributed by atoms with Gasteiger partial charge in [0.2, 0.25) is 11.7 Å². The van der Waals surface area contributed by atoms with Crippen molar-refractivity contribution in [2.75, 3.05) is 13.2 Å². The van der Waals surface area contributed by atoms with Crippen LogP contribution >= 0.6 is 11.3 Å². The van der Waals surface area contributed by atoms with Crippen molar-refractivity contribution in [1.29, 1.82) is 0 Å². The average molecular weight is 451 g/mol. The van der Waals surface area contributed by atoms with E-state index in [-0.39, 0.29) is 27.7 Å². The van der Waals surface area contributed by atoms with Crippen LogP contribution in [0.25, 0.3) is 10.6 Å². The highest BCUT2D eigenvalue weighted by Gasteiger charge is 2.41. The van der Waals surface area contributed by atoms with Gasteiger partial charge < -0.3 is 14.9 Å². The maximum absolute atomic E-state index is 13.0. The number of nitrogens with zero attached hydrogens (tertiary/aromatic N) is 2. The fraction of sp³-hybridized carbons (Fsp3) is 0.375. The molecule has 0 saturated carbocycles. The van der Waals surface area contributed by atoms with Gasteiger partial charge in [0.25, 0.3) is 10.0 Å². The number of nitrogens with one attached hydrogen (secondary N) is 1. The van der Waals surface area contributed by atoms with E-state index in [1.165, 1.54) is 12.1 Å². The molecule has 0 aliphatic carbocycles. The summed E-state index contributed by atoms with van der Waals surface area (Å²) in [5, 5.41) is 15.5. The second-order valence-electron chi connectivity index (χ2n) is 6.25. The fourth-order valence-electron chi connectivity index (χ4n) is 2.95. The number of hydrogen-bond donors (Lipinski definition) is 2. The number of carbonyl (C=O) groups is 1. The predicted molar refractivity (Wildman–Crippen MR) is 96.3 cm³/mol. The molecule has 0 radical (unpaired) electrons. The van der Waals surface area contributed by atoms with E-state index in [1.807, 2.05) is 0 Å². The molecule has 1 saturated heterocycles. The summed E-state index contributed by atoms with van der Waals surface area (Å²) in [6.45, 7) is 2.83. The number of hydrogen-bond acceptors (Lipinski definition) is 7. The van der Waals surface area contributed by atoms with E-state index < -0.39 is 46.6 Å². The second-order valence-corrected chi connectivity index (χ2v) is 9.45. The molecule has 0 aromatic carbocycles. The van der Waals surface area contributed by atoms with Crippen LogP contribution in [0.5, 0.6) is 0 Å². The molecule has 3 heterocycles. The molecule has 8 nitrogen and oxygen atoms in total. The van der Waals surface area contributed by atoms with Gasteiger partial charge >= 0.3 is 6.18 Å². The highest BCUT2D eigenvalue weighted by molar-refractivity contribution is 7.91. The molecular formula is C16H16F3N3O5S2. The van der Waals surface area contributed by atoms with Crippen LogP contribution in [0.3, 0.4) is 0 Å². The van der Waals surface area contributed by atoms with E-state index in [2.05, 4.69) is 21.6 Å². The van der Waals surface area contributed by atoms with Crippen molar-refractivity contribution in [3.05, 3.63) is 36.6 Å². The van der Waals surface area contributed by atoms with Crippen molar-refractivity contribution in [3.63, 3.8) is 0 Å². The Morgan fingerprint density at radius 1 is 1.48 bits per heavy atom. The molecule has 2 N–H and O–H groups in total. The molecule has 2 atom stereocenters. The lowest BCUT2D eigenvalue weighted by Crippen LogP contribution is -2.39. The molecule has 0 spiro atoms. The number of aliphatic hydroxyl groups excluding tert-OH is 1. The first-order valence-corrected chi connectivity index (χ1v) is 10.5. The van der Waals surface area contributed by atoms with Gasteiger partial charge in [-0.15, -0.1) is 11.3 Å². The molecule has 1 aliphatic rings.